The van der Waals surface area contributed by atoms with Crippen LogP contribution in [0.2, 0.25) is 0 Å². The molecule has 0 spiro atoms. The van der Waals surface area contributed by atoms with E-state index < -0.39 is 15.5 Å². The summed E-state index contributed by atoms with van der Waals surface area (Å²) in [4.78, 5) is 20.1. The van der Waals surface area contributed by atoms with Crippen LogP contribution in [0.15, 0.2) is 36.7 Å². The van der Waals surface area contributed by atoms with Gasteiger partial charge >= 0.3 is 0 Å². The summed E-state index contributed by atoms with van der Waals surface area (Å²) in [5.74, 6) is 4.02. The third-order valence-corrected chi connectivity index (χ3v) is 5.66. The number of anilines is 3. The van der Waals surface area contributed by atoms with E-state index in [0.717, 1.165) is 10.9 Å². The Labute approximate surface area is 185 Å². The number of carbonyl (C=O) groups is 1. The molecule has 4 rings (SSSR count). The molecule has 3 N–H and O–H groups in total. The number of ether oxygens (including phenoxy) is 1. The van der Waals surface area contributed by atoms with E-state index >= 15 is 0 Å². The standard InChI is InChI=1S/C22H24FN5O3S/c1-13-8-16(28-32(2,3)30)10-18-21(13)22(25-12-24-18)27-17-6-4-14(23)9-19(17)31-11-15-5-7-20(29)26-15/h4,6,8-10,12,15H,2,5,7,11H2,1,3H3,(H,26,29)(H,28,30)(H,24,25,27)/t15-,32?/m0/s1. The highest BCUT2D eigenvalue weighted by atomic mass is 32.2. The zero-order chi connectivity index (χ0) is 22.9. The minimum Gasteiger partial charge on any atom is -0.489 e. The van der Waals surface area contributed by atoms with Crippen LogP contribution in [0.5, 0.6) is 5.75 Å². The van der Waals surface area contributed by atoms with Crippen LogP contribution in [0.1, 0.15) is 18.4 Å². The third kappa shape index (κ3) is 5.08. The van der Waals surface area contributed by atoms with Crippen LogP contribution in [0.25, 0.3) is 10.9 Å². The molecule has 1 aliphatic rings. The van der Waals surface area contributed by atoms with Crippen molar-refractivity contribution in [2.75, 3.05) is 22.9 Å². The van der Waals surface area contributed by atoms with E-state index in [2.05, 4.69) is 31.2 Å². The lowest BCUT2D eigenvalue weighted by Gasteiger charge is -2.17. The maximum Gasteiger partial charge on any atom is 0.220 e. The Kier molecular flexibility index (Phi) is 5.88. The number of hydrogen-bond acceptors (Lipinski definition) is 6. The van der Waals surface area contributed by atoms with Crippen LogP contribution >= 0.6 is 0 Å². The molecule has 10 heteroatoms. The second-order valence-electron chi connectivity index (χ2n) is 7.90. The first kappa shape index (κ1) is 21.8. The fraction of sp³-hybridized carbons (Fsp3) is 0.273. The molecule has 32 heavy (non-hydrogen) atoms. The van der Waals surface area contributed by atoms with Gasteiger partial charge in [0, 0.05) is 39.5 Å². The van der Waals surface area contributed by atoms with Crippen molar-refractivity contribution in [2.45, 2.75) is 25.8 Å². The van der Waals surface area contributed by atoms with E-state index in [-0.39, 0.29) is 18.6 Å². The third-order valence-electron chi connectivity index (χ3n) is 4.99. The van der Waals surface area contributed by atoms with E-state index in [1.807, 2.05) is 13.0 Å². The fourth-order valence-corrected chi connectivity index (χ4v) is 4.25. The van der Waals surface area contributed by atoms with Crippen molar-refractivity contribution < 1.29 is 18.1 Å². The predicted octanol–water partition coefficient (Wildman–Crippen LogP) is 3.15. The SMILES string of the molecule is C=S(C)(=O)Nc1cc(C)c2c(Nc3ccc(F)cc3OC[C@@H]3CCC(=O)N3)ncnc2c1. The number of nitrogens with zero attached hydrogens (tertiary/aromatic N) is 2. The Bertz CT molecular complexity index is 1300. The van der Waals surface area contributed by atoms with Gasteiger partial charge in [-0.05, 0) is 49.0 Å². The summed E-state index contributed by atoms with van der Waals surface area (Å²) in [6, 6.07) is 7.71. The monoisotopic (exact) mass is 457 g/mol. The number of hydrogen-bond donors (Lipinski definition) is 3. The zero-order valence-electron chi connectivity index (χ0n) is 17.8. The Morgan fingerprint density at radius 1 is 1.31 bits per heavy atom. The molecule has 2 atom stereocenters. The molecule has 8 nitrogen and oxygen atoms in total. The number of rotatable bonds is 7. The van der Waals surface area contributed by atoms with Crippen molar-refractivity contribution >= 4 is 49.6 Å². The van der Waals surface area contributed by atoms with E-state index in [1.165, 1.54) is 24.7 Å². The van der Waals surface area contributed by atoms with Gasteiger partial charge in [0.15, 0.2) is 0 Å². The first-order valence-corrected chi connectivity index (χ1v) is 12.2. The van der Waals surface area contributed by atoms with E-state index in [0.29, 0.717) is 41.3 Å². The normalized spacial score (nSPS) is 17.6. The molecule has 0 radical (unpaired) electrons. The largest absolute Gasteiger partial charge is 0.489 e. The van der Waals surface area contributed by atoms with E-state index in [4.69, 9.17) is 4.74 Å². The molecule has 2 aromatic carbocycles. The van der Waals surface area contributed by atoms with Gasteiger partial charge in [0.05, 0.1) is 17.2 Å². The Hall–Kier alpha value is -3.40. The maximum atomic E-state index is 13.9. The highest BCUT2D eigenvalue weighted by Gasteiger charge is 2.22. The van der Waals surface area contributed by atoms with Crippen LogP contribution in [0.3, 0.4) is 0 Å². The van der Waals surface area contributed by atoms with Crippen LogP contribution in [0.4, 0.5) is 21.6 Å². The highest BCUT2D eigenvalue weighted by molar-refractivity contribution is 8.00. The average molecular weight is 458 g/mol. The summed E-state index contributed by atoms with van der Waals surface area (Å²) in [6.07, 6.45) is 4.08. The zero-order valence-corrected chi connectivity index (χ0v) is 18.6. The predicted molar refractivity (Wildman–Crippen MR) is 125 cm³/mol. The van der Waals surface area contributed by atoms with Crippen molar-refractivity contribution in [2.24, 2.45) is 0 Å². The molecule has 1 fully saturated rings. The van der Waals surface area contributed by atoms with Crippen molar-refractivity contribution in [3.8, 4) is 5.75 Å². The first-order valence-electron chi connectivity index (χ1n) is 10.0. The fourth-order valence-electron chi connectivity index (χ4n) is 3.63. The Balaban J connectivity index is 1.64. The second kappa shape index (κ2) is 8.62. The number of aryl methyl sites for hydroxylation is 1. The smallest absolute Gasteiger partial charge is 0.220 e. The van der Waals surface area contributed by atoms with Gasteiger partial charge in [-0.1, -0.05) is 0 Å². The highest BCUT2D eigenvalue weighted by Crippen LogP contribution is 2.33. The number of aromatic nitrogens is 2. The van der Waals surface area contributed by atoms with Crippen LogP contribution in [-0.2, 0) is 14.5 Å². The van der Waals surface area contributed by atoms with Crippen LogP contribution in [0, 0.1) is 12.7 Å². The summed E-state index contributed by atoms with van der Waals surface area (Å²) < 4.78 is 34.6. The van der Waals surface area contributed by atoms with Gasteiger partial charge in [0.1, 0.15) is 30.3 Å². The molecule has 1 aromatic heterocycles. The van der Waals surface area contributed by atoms with Gasteiger partial charge in [-0.25, -0.2) is 18.6 Å². The number of halogens is 1. The minimum absolute atomic E-state index is 0.00858. The van der Waals surface area contributed by atoms with Crippen LogP contribution < -0.4 is 20.1 Å². The minimum atomic E-state index is -2.44. The van der Waals surface area contributed by atoms with Gasteiger partial charge in [0.25, 0.3) is 0 Å². The quantitative estimate of drug-likeness (QED) is 0.471. The molecule has 0 bridgehead atoms. The second-order valence-corrected chi connectivity index (χ2v) is 10.1. The molecule has 3 aromatic rings. The number of fused-ring (bicyclic) bond motifs is 1. The maximum absolute atomic E-state index is 13.9. The summed E-state index contributed by atoms with van der Waals surface area (Å²) >= 11 is 0. The van der Waals surface area contributed by atoms with Gasteiger partial charge in [-0.15, -0.1) is 0 Å². The number of amides is 1. The lowest BCUT2D eigenvalue weighted by Crippen LogP contribution is -2.31. The average Bonchev–Trinajstić information content (AvgIpc) is 3.12. The topological polar surface area (TPSA) is 105 Å². The van der Waals surface area contributed by atoms with Crippen LogP contribution in [-0.4, -0.2) is 44.9 Å². The first-order chi connectivity index (χ1) is 15.2. The van der Waals surface area contributed by atoms with Gasteiger partial charge < -0.3 is 20.1 Å². The van der Waals surface area contributed by atoms with E-state index in [1.54, 1.807) is 12.1 Å². The molecular weight excluding hydrogens is 433 g/mol. The molecule has 1 saturated heterocycles. The summed E-state index contributed by atoms with van der Waals surface area (Å²) in [5, 5.41) is 6.81. The summed E-state index contributed by atoms with van der Waals surface area (Å²) in [6.45, 7) is 2.14. The van der Waals surface area contributed by atoms with Gasteiger partial charge in [-0.2, -0.15) is 0 Å². The number of nitrogens with one attached hydrogen (secondary N) is 3. The molecule has 0 saturated carbocycles. The van der Waals surface area contributed by atoms with E-state index in [9.17, 15) is 13.4 Å². The number of benzene rings is 2. The van der Waals surface area contributed by atoms with Crippen molar-refractivity contribution in [3.63, 3.8) is 0 Å². The molecular formula is C22H24FN5O3S. The van der Waals surface area contributed by atoms with Crippen molar-refractivity contribution in [1.82, 2.24) is 15.3 Å². The Morgan fingerprint density at radius 2 is 2.12 bits per heavy atom. The lowest BCUT2D eigenvalue weighted by molar-refractivity contribution is -0.119. The summed E-state index contributed by atoms with van der Waals surface area (Å²) in [7, 11) is -2.44. The molecule has 2 heterocycles. The van der Waals surface area contributed by atoms with Crippen molar-refractivity contribution in [3.05, 3.63) is 48.0 Å². The van der Waals surface area contributed by atoms with Gasteiger partial charge in [0.2, 0.25) is 5.91 Å². The Morgan fingerprint density at radius 3 is 2.84 bits per heavy atom. The summed E-state index contributed by atoms with van der Waals surface area (Å²) in [5.41, 5.74) is 2.68. The molecule has 0 aliphatic carbocycles. The molecule has 1 amide bonds. The number of carbonyl (C=O) groups excluding carboxylic acids is 1. The molecule has 1 aliphatic heterocycles. The molecule has 168 valence electrons. The lowest BCUT2D eigenvalue weighted by atomic mass is 10.1. The van der Waals surface area contributed by atoms with Crippen molar-refractivity contribution in [1.29, 1.82) is 0 Å². The molecule has 1 unspecified atom stereocenters. The van der Waals surface area contributed by atoms with Gasteiger partial charge in [-0.3, -0.25) is 4.79 Å².